The highest BCUT2D eigenvalue weighted by molar-refractivity contribution is 5.88. The topological polar surface area (TPSA) is 90.7 Å². The SMILES string of the molecule is CO[C@H](C(N)=O)[C@@H](CC(C)C)C(=O)NOCc1ccccc1. The molecule has 0 saturated carbocycles. The Kier molecular flexibility index (Phi) is 7.56. The highest BCUT2D eigenvalue weighted by atomic mass is 16.7. The second-order valence-corrected chi connectivity index (χ2v) is 5.54. The van der Waals surface area contributed by atoms with Gasteiger partial charge in [-0.05, 0) is 17.9 Å². The van der Waals surface area contributed by atoms with Crippen molar-refractivity contribution >= 4 is 11.8 Å². The van der Waals surface area contributed by atoms with Crippen LogP contribution in [-0.4, -0.2) is 25.0 Å². The van der Waals surface area contributed by atoms with Crippen LogP contribution in [0.1, 0.15) is 25.8 Å². The number of ether oxygens (including phenoxy) is 1. The third-order valence-electron chi connectivity index (χ3n) is 3.22. The van der Waals surface area contributed by atoms with Crippen molar-refractivity contribution in [2.45, 2.75) is 33.0 Å². The monoisotopic (exact) mass is 308 g/mol. The van der Waals surface area contributed by atoms with E-state index in [9.17, 15) is 9.59 Å². The summed E-state index contributed by atoms with van der Waals surface area (Å²) in [4.78, 5) is 28.9. The number of hydroxylamine groups is 1. The zero-order valence-corrected chi connectivity index (χ0v) is 13.2. The number of methoxy groups -OCH3 is 1. The summed E-state index contributed by atoms with van der Waals surface area (Å²) in [6.45, 7) is 4.16. The van der Waals surface area contributed by atoms with Crippen molar-refractivity contribution in [1.82, 2.24) is 5.48 Å². The Morgan fingerprint density at radius 3 is 2.36 bits per heavy atom. The summed E-state index contributed by atoms with van der Waals surface area (Å²) in [6.07, 6.45) is -0.496. The van der Waals surface area contributed by atoms with Crippen LogP contribution < -0.4 is 11.2 Å². The van der Waals surface area contributed by atoms with Crippen LogP contribution in [-0.2, 0) is 25.8 Å². The second kappa shape index (κ2) is 9.17. The first kappa shape index (κ1) is 18.1. The number of amides is 2. The molecule has 1 rings (SSSR count). The fraction of sp³-hybridized carbons (Fsp3) is 0.500. The number of rotatable bonds is 9. The molecule has 0 radical (unpaired) electrons. The molecule has 1 aromatic carbocycles. The minimum absolute atomic E-state index is 0.210. The number of nitrogens with two attached hydrogens (primary N) is 1. The van der Waals surface area contributed by atoms with Gasteiger partial charge in [-0.25, -0.2) is 5.48 Å². The molecule has 0 aliphatic heterocycles. The van der Waals surface area contributed by atoms with Gasteiger partial charge < -0.3 is 10.5 Å². The van der Waals surface area contributed by atoms with Crippen molar-refractivity contribution in [2.24, 2.45) is 17.6 Å². The zero-order valence-electron chi connectivity index (χ0n) is 13.2. The van der Waals surface area contributed by atoms with Crippen molar-refractivity contribution in [3.63, 3.8) is 0 Å². The first-order chi connectivity index (χ1) is 10.5. The van der Waals surface area contributed by atoms with E-state index >= 15 is 0 Å². The number of primary amides is 1. The Balaban J connectivity index is 2.61. The molecule has 0 heterocycles. The van der Waals surface area contributed by atoms with Crippen molar-refractivity contribution in [1.29, 1.82) is 0 Å². The van der Waals surface area contributed by atoms with Gasteiger partial charge >= 0.3 is 0 Å². The Bertz CT molecular complexity index is 476. The summed E-state index contributed by atoms with van der Waals surface area (Å²) < 4.78 is 5.07. The molecule has 3 N–H and O–H groups in total. The van der Waals surface area contributed by atoms with E-state index in [1.54, 1.807) is 0 Å². The third-order valence-corrected chi connectivity index (χ3v) is 3.22. The van der Waals surface area contributed by atoms with Crippen LogP contribution in [0.15, 0.2) is 30.3 Å². The quantitative estimate of drug-likeness (QED) is 0.675. The minimum Gasteiger partial charge on any atom is -0.371 e. The molecule has 6 nitrogen and oxygen atoms in total. The molecule has 0 unspecified atom stereocenters. The van der Waals surface area contributed by atoms with E-state index in [4.69, 9.17) is 15.3 Å². The van der Waals surface area contributed by atoms with Crippen LogP contribution in [0.3, 0.4) is 0 Å². The molecule has 0 spiro atoms. The summed E-state index contributed by atoms with van der Waals surface area (Å²) in [5.41, 5.74) is 8.61. The van der Waals surface area contributed by atoms with Crippen molar-refractivity contribution in [2.75, 3.05) is 7.11 Å². The zero-order chi connectivity index (χ0) is 16.5. The lowest BCUT2D eigenvalue weighted by Crippen LogP contribution is -2.45. The molecule has 0 aliphatic rings. The molecule has 6 heteroatoms. The molecule has 0 aromatic heterocycles. The van der Waals surface area contributed by atoms with E-state index in [-0.39, 0.29) is 12.5 Å². The van der Waals surface area contributed by atoms with E-state index in [0.717, 1.165) is 5.56 Å². The first-order valence-corrected chi connectivity index (χ1v) is 7.23. The average molecular weight is 308 g/mol. The largest absolute Gasteiger partial charge is 0.371 e. The molecule has 0 fully saturated rings. The summed E-state index contributed by atoms with van der Waals surface area (Å²) >= 11 is 0. The van der Waals surface area contributed by atoms with E-state index in [1.807, 2.05) is 44.2 Å². The maximum Gasteiger partial charge on any atom is 0.249 e. The van der Waals surface area contributed by atoms with Crippen LogP contribution in [0.5, 0.6) is 0 Å². The van der Waals surface area contributed by atoms with Gasteiger partial charge in [0.05, 0.1) is 12.5 Å². The summed E-state index contributed by atoms with van der Waals surface area (Å²) in [7, 11) is 1.36. The van der Waals surface area contributed by atoms with Crippen molar-refractivity contribution in [3.05, 3.63) is 35.9 Å². The Morgan fingerprint density at radius 1 is 1.23 bits per heavy atom. The lowest BCUT2D eigenvalue weighted by Gasteiger charge is -2.24. The molecule has 1 aromatic rings. The molecule has 22 heavy (non-hydrogen) atoms. The van der Waals surface area contributed by atoms with Gasteiger partial charge in [0.25, 0.3) is 0 Å². The van der Waals surface area contributed by atoms with Gasteiger partial charge in [0.1, 0.15) is 6.10 Å². The van der Waals surface area contributed by atoms with E-state index in [2.05, 4.69) is 5.48 Å². The molecular weight excluding hydrogens is 284 g/mol. The smallest absolute Gasteiger partial charge is 0.249 e. The van der Waals surface area contributed by atoms with E-state index in [1.165, 1.54) is 7.11 Å². The minimum atomic E-state index is -0.970. The standard InChI is InChI=1S/C16H24N2O4/c1-11(2)9-13(14(21-3)15(17)19)16(20)18-22-10-12-7-5-4-6-8-12/h4-8,11,13-14H,9-10H2,1-3H3,(H2,17,19)(H,18,20)/t13-,14+/m1/s1. The van der Waals surface area contributed by atoms with Gasteiger partial charge in [-0.3, -0.25) is 14.4 Å². The number of carbonyl (C=O) groups excluding carboxylic acids is 2. The summed E-state index contributed by atoms with van der Waals surface area (Å²) in [6, 6.07) is 9.45. The molecule has 2 amide bonds. The first-order valence-electron chi connectivity index (χ1n) is 7.23. The summed E-state index contributed by atoms with van der Waals surface area (Å²) in [5.74, 6) is -1.54. The highest BCUT2D eigenvalue weighted by Crippen LogP contribution is 2.18. The van der Waals surface area contributed by atoms with Crippen molar-refractivity contribution in [3.8, 4) is 0 Å². The molecule has 0 aliphatic carbocycles. The fourth-order valence-corrected chi connectivity index (χ4v) is 2.20. The number of carbonyl (C=O) groups is 2. The van der Waals surface area contributed by atoms with Crippen molar-refractivity contribution < 1.29 is 19.2 Å². The number of benzene rings is 1. The van der Waals surface area contributed by atoms with Gasteiger partial charge in [0.15, 0.2) is 0 Å². The number of hydrogen-bond donors (Lipinski definition) is 2. The summed E-state index contributed by atoms with van der Waals surface area (Å²) in [5, 5.41) is 0. The van der Waals surface area contributed by atoms with Crippen LogP contribution >= 0.6 is 0 Å². The lowest BCUT2D eigenvalue weighted by atomic mass is 9.91. The maximum atomic E-state index is 12.2. The normalized spacial score (nSPS) is 13.6. The molecule has 122 valence electrons. The molecule has 2 atom stereocenters. The Hall–Kier alpha value is -1.92. The lowest BCUT2D eigenvalue weighted by molar-refractivity contribution is -0.149. The van der Waals surface area contributed by atoms with E-state index in [0.29, 0.717) is 6.42 Å². The average Bonchev–Trinajstić information content (AvgIpc) is 2.47. The maximum absolute atomic E-state index is 12.2. The Morgan fingerprint density at radius 2 is 1.86 bits per heavy atom. The van der Waals surface area contributed by atoms with Gasteiger partial charge in [0, 0.05) is 7.11 Å². The number of hydrogen-bond acceptors (Lipinski definition) is 4. The Labute approximate surface area is 130 Å². The predicted molar refractivity (Wildman–Crippen MR) is 82.3 cm³/mol. The van der Waals surface area contributed by atoms with Gasteiger partial charge in [0.2, 0.25) is 11.8 Å². The van der Waals surface area contributed by atoms with Gasteiger partial charge in [-0.1, -0.05) is 44.2 Å². The van der Waals surface area contributed by atoms with Crippen LogP contribution in [0.2, 0.25) is 0 Å². The predicted octanol–water partition coefficient (Wildman–Crippen LogP) is 1.40. The second-order valence-electron chi connectivity index (χ2n) is 5.54. The van der Waals surface area contributed by atoms with Crippen LogP contribution in [0, 0.1) is 11.8 Å². The molecular formula is C16H24N2O4. The van der Waals surface area contributed by atoms with Crippen LogP contribution in [0.4, 0.5) is 0 Å². The highest BCUT2D eigenvalue weighted by Gasteiger charge is 2.33. The fourth-order valence-electron chi connectivity index (χ4n) is 2.20. The molecule has 0 bridgehead atoms. The third kappa shape index (κ3) is 5.83. The molecule has 0 saturated heterocycles. The van der Waals surface area contributed by atoms with E-state index < -0.39 is 23.8 Å². The van der Waals surface area contributed by atoms with Gasteiger partial charge in [-0.15, -0.1) is 0 Å². The number of nitrogens with one attached hydrogen (secondary N) is 1. The van der Waals surface area contributed by atoms with Crippen LogP contribution in [0.25, 0.3) is 0 Å². The van der Waals surface area contributed by atoms with Gasteiger partial charge in [-0.2, -0.15) is 0 Å².